The molecule has 1 aliphatic heterocycles. The van der Waals surface area contributed by atoms with E-state index in [0.717, 1.165) is 44.5 Å². The number of rotatable bonds is 4. The molecule has 0 bridgehead atoms. The van der Waals surface area contributed by atoms with Gasteiger partial charge in [-0.1, -0.05) is 6.07 Å². The Labute approximate surface area is 148 Å². The second-order valence-corrected chi connectivity index (χ2v) is 6.84. The highest BCUT2D eigenvalue weighted by Gasteiger charge is 2.35. The zero-order chi connectivity index (χ0) is 18.3. The molecule has 2 heterocycles. The molecule has 138 valence electrons. The van der Waals surface area contributed by atoms with Gasteiger partial charge < -0.3 is 10.6 Å². The lowest BCUT2D eigenvalue weighted by Crippen LogP contribution is -2.36. The van der Waals surface area contributed by atoms with Crippen molar-refractivity contribution in [2.75, 3.05) is 13.1 Å². The van der Waals surface area contributed by atoms with Crippen LogP contribution in [0.5, 0.6) is 0 Å². The van der Waals surface area contributed by atoms with E-state index in [9.17, 15) is 18.0 Å². The number of nitrogens with zero attached hydrogens (tertiary/aromatic N) is 2. The molecular weight excluding hydrogens is 345 g/mol. The monoisotopic (exact) mass is 364 g/mol. The molecular formula is C18H19F3N4O. The van der Waals surface area contributed by atoms with Crippen LogP contribution in [0.3, 0.4) is 0 Å². The maximum Gasteiger partial charge on any atom is 0.416 e. The van der Waals surface area contributed by atoms with E-state index in [0.29, 0.717) is 16.9 Å². The van der Waals surface area contributed by atoms with Gasteiger partial charge in [0.25, 0.3) is 5.91 Å². The average Bonchev–Trinajstić information content (AvgIpc) is 3.13. The van der Waals surface area contributed by atoms with Gasteiger partial charge in [0.1, 0.15) is 0 Å². The summed E-state index contributed by atoms with van der Waals surface area (Å²) < 4.78 is 40.5. The van der Waals surface area contributed by atoms with Crippen LogP contribution in [-0.4, -0.2) is 34.8 Å². The molecule has 2 fully saturated rings. The van der Waals surface area contributed by atoms with Gasteiger partial charge in [-0.25, -0.2) is 4.68 Å². The van der Waals surface area contributed by atoms with Gasteiger partial charge in [0.15, 0.2) is 0 Å². The topological polar surface area (TPSA) is 59.0 Å². The molecule has 0 spiro atoms. The lowest BCUT2D eigenvalue weighted by atomic mass is 10.1. The van der Waals surface area contributed by atoms with Crippen LogP contribution in [-0.2, 0) is 6.18 Å². The molecule has 1 aliphatic carbocycles. The molecule has 8 heteroatoms. The summed E-state index contributed by atoms with van der Waals surface area (Å²) in [6.45, 7) is 1.59. The first-order valence-electron chi connectivity index (χ1n) is 8.70. The third-order valence-corrected chi connectivity index (χ3v) is 4.83. The normalized spacial score (nSPS) is 20.3. The number of hydrogen-bond donors (Lipinski definition) is 2. The molecule has 26 heavy (non-hydrogen) atoms. The second kappa shape index (κ2) is 6.42. The molecule has 1 amide bonds. The molecule has 1 saturated carbocycles. The Morgan fingerprint density at radius 3 is 2.73 bits per heavy atom. The van der Waals surface area contributed by atoms with Crippen LogP contribution < -0.4 is 10.6 Å². The average molecular weight is 364 g/mol. The number of carbonyl (C=O) groups excluding carboxylic acids is 1. The van der Waals surface area contributed by atoms with E-state index in [4.69, 9.17) is 0 Å². The van der Waals surface area contributed by atoms with Gasteiger partial charge >= 0.3 is 6.18 Å². The first-order chi connectivity index (χ1) is 12.4. The summed E-state index contributed by atoms with van der Waals surface area (Å²) >= 11 is 0. The van der Waals surface area contributed by atoms with E-state index < -0.39 is 11.7 Å². The van der Waals surface area contributed by atoms with Crippen molar-refractivity contribution < 1.29 is 18.0 Å². The van der Waals surface area contributed by atoms with Crippen molar-refractivity contribution in [1.82, 2.24) is 20.4 Å². The van der Waals surface area contributed by atoms with Gasteiger partial charge in [0.2, 0.25) is 0 Å². The maximum atomic E-state index is 13.0. The molecule has 1 saturated heterocycles. The van der Waals surface area contributed by atoms with E-state index in [2.05, 4.69) is 15.7 Å². The number of aromatic nitrogens is 2. The van der Waals surface area contributed by atoms with Crippen LogP contribution in [0.15, 0.2) is 30.5 Å². The number of benzene rings is 1. The first kappa shape index (κ1) is 17.1. The highest BCUT2D eigenvalue weighted by Crippen LogP contribution is 2.42. The number of hydrogen-bond acceptors (Lipinski definition) is 3. The highest BCUT2D eigenvalue weighted by atomic mass is 19.4. The summed E-state index contributed by atoms with van der Waals surface area (Å²) in [5.74, 6) is -0.0479. The largest absolute Gasteiger partial charge is 0.416 e. The number of alkyl halides is 3. The van der Waals surface area contributed by atoms with Crippen LogP contribution in [0.1, 0.15) is 46.8 Å². The van der Waals surface area contributed by atoms with Gasteiger partial charge in [-0.3, -0.25) is 4.79 Å². The second-order valence-electron chi connectivity index (χ2n) is 6.84. The lowest BCUT2D eigenvalue weighted by Gasteiger charge is -2.13. The summed E-state index contributed by atoms with van der Waals surface area (Å²) in [5, 5.41) is 10.4. The predicted octanol–water partition coefficient (Wildman–Crippen LogP) is 2.86. The number of amides is 1. The number of nitrogens with one attached hydrogen (secondary N) is 2. The van der Waals surface area contributed by atoms with Gasteiger partial charge in [0.05, 0.1) is 28.7 Å². The molecule has 4 rings (SSSR count). The molecule has 2 aliphatic rings. The smallest absolute Gasteiger partial charge is 0.348 e. The minimum absolute atomic E-state index is 0.0754. The summed E-state index contributed by atoms with van der Waals surface area (Å²) in [4.78, 5) is 12.7. The van der Waals surface area contributed by atoms with Crippen molar-refractivity contribution in [2.24, 2.45) is 0 Å². The Morgan fingerprint density at radius 1 is 1.27 bits per heavy atom. The maximum absolute atomic E-state index is 13.0. The molecule has 1 atom stereocenters. The van der Waals surface area contributed by atoms with Crippen LogP contribution in [0.4, 0.5) is 13.2 Å². The molecule has 2 N–H and O–H groups in total. The number of carbonyl (C=O) groups is 1. The quantitative estimate of drug-likeness (QED) is 0.877. The fraction of sp³-hybridized carbons (Fsp3) is 0.444. The highest BCUT2D eigenvalue weighted by molar-refractivity contribution is 5.95. The molecule has 2 aromatic rings. The van der Waals surface area contributed by atoms with Crippen molar-refractivity contribution >= 4 is 5.91 Å². The van der Waals surface area contributed by atoms with Crippen molar-refractivity contribution in [3.63, 3.8) is 0 Å². The van der Waals surface area contributed by atoms with E-state index >= 15 is 0 Å². The Balaban J connectivity index is 1.67. The molecule has 1 unspecified atom stereocenters. The summed E-state index contributed by atoms with van der Waals surface area (Å²) in [6, 6.07) is 5.12. The summed E-state index contributed by atoms with van der Waals surface area (Å²) in [6.07, 6.45) is -0.262. The molecule has 0 radical (unpaired) electrons. The zero-order valence-electron chi connectivity index (χ0n) is 14.0. The molecule has 1 aromatic carbocycles. The third kappa shape index (κ3) is 3.33. The summed E-state index contributed by atoms with van der Waals surface area (Å²) in [7, 11) is 0. The Morgan fingerprint density at radius 2 is 2.08 bits per heavy atom. The molecule has 1 aromatic heterocycles. The lowest BCUT2D eigenvalue weighted by molar-refractivity contribution is -0.137. The van der Waals surface area contributed by atoms with E-state index in [-0.39, 0.29) is 17.9 Å². The minimum Gasteiger partial charge on any atom is -0.348 e. The van der Waals surface area contributed by atoms with Gasteiger partial charge in [-0.05, 0) is 44.0 Å². The third-order valence-electron chi connectivity index (χ3n) is 4.83. The van der Waals surface area contributed by atoms with Gasteiger partial charge in [-0.15, -0.1) is 0 Å². The fourth-order valence-corrected chi connectivity index (χ4v) is 3.34. The van der Waals surface area contributed by atoms with Crippen LogP contribution in [0, 0.1) is 0 Å². The SMILES string of the molecule is O=C(NC1CCNC1)c1cnn(-c2cccc(C(F)(F)F)c2)c1C1CC1. The zero-order valence-corrected chi connectivity index (χ0v) is 14.0. The van der Waals surface area contributed by atoms with Gasteiger partial charge in [-0.2, -0.15) is 18.3 Å². The van der Waals surface area contributed by atoms with Gasteiger partial charge in [0, 0.05) is 18.5 Å². The fourth-order valence-electron chi connectivity index (χ4n) is 3.34. The van der Waals surface area contributed by atoms with E-state index in [1.807, 2.05) is 0 Å². The van der Waals surface area contributed by atoms with Crippen molar-refractivity contribution in [2.45, 2.75) is 37.4 Å². The predicted molar refractivity (Wildman–Crippen MR) is 89.3 cm³/mol. The van der Waals surface area contributed by atoms with E-state index in [1.54, 1.807) is 6.07 Å². The Bertz CT molecular complexity index is 820. The van der Waals surface area contributed by atoms with Crippen LogP contribution in [0.2, 0.25) is 0 Å². The van der Waals surface area contributed by atoms with Crippen molar-refractivity contribution in [3.05, 3.63) is 47.3 Å². The molecule has 5 nitrogen and oxygen atoms in total. The number of halogens is 3. The van der Waals surface area contributed by atoms with Crippen LogP contribution in [0.25, 0.3) is 5.69 Å². The van der Waals surface area contributed by atoms with Crippen molar-refractivity contribution in [3.8, 4) is 5.69 Å². The van der Waals surface area contributed by atoms with Crippen molar-refractivity contribution in [1.29, 1.82) is 0 Å². The minimum atomic E-state index is -4.42. The first-order valence-corrected chi connectivity index (χ1v) is 8.70. The summed E-state index contributed by atoms with van der Waals surface area (Å²) in [5.41, 5.74) is 0.753. The Kier molecular flexibility index (Phi) is 4.22. The Hall–Kier alpha value is -2.35. The van der Waals surface area contributed by atoms with E-state index in [1.165, 1.54) is 16.9 Å². The standard InChI is InChI=1S/C18H19F3N4O/c19-18(20,21)12-2-1-3-14(8-12)25-16(11-4-5-11)15(10-23-25)17(26)24-13-6-7-22-9-13/h1-3,8,10-11,13,22H,4-7,9H2,(H,24,26). The van der Waals surface area contributed by atoms with Crippen LogP contribution >= 0.6 is 0 Å².